The van der Waals surface area contributed by atoms with Gasteiger partial charge in [0.25, 0.3) is 0 Å². The summed E-state index contributed by atoms with van der Waals surface area (Å²) < 4.78 is 0. The van der Waals surface area contributed by atoms with Crippen LogP contribution >= 0.6 is 0 Å². The molecule has 0 bridgehead atoms. The van der Waals surface area contributed by atoms with Crippen LogP contribution in [0.5, 0.6) is 0 Å². The summed E-state index contributed by atoms with van der Waals surface area (Å²) in [7, 11) is 0. The van der Waals surface area contributed by atoms with Crippen LogP contribution in [0.15, 0.2) is 0 Å². The molecular formula is C109H214O7. The van der Waals surface area contributed by atoms with Crippen molar-refractivity contribution in [1.82, 2.24) is 0 Å². The summed E-state index contributed by atoms with van der Waals surface area (Å²) in [5.74, 6) is 25.3. The molecule has 0 unspecified atom stereocenters. The third kappa shape index (κ3) is 48.3. The average molecular weight is 1640 g/mol. The molecule has 12 aliphatic rings. The van der Waals surface area contributed by atoms with E-state index in [9.17, 15) is 24.9 Å². The predicted octanol–water partition coefficient (Wildman–Crippen LogP) is 32.8. The third-order valence-corrected chi connectivity index (χ3v) is 32.6. The lowest BCUT2D eigenvalue weighted by atomic mass is 9.61. The van der Waals surface area contributed by atoms with Crippen molar-refractivity contribution < 1.29 is 35.1 Å². The number of rotatable bonds is 14. The molecular weight excluding hydrogens is 1420 g/mol. The maximum absolute atomic E-state index is 10.6. The zero-order valence-corrected chi connectivity index (χ0v) is 85.0. The van der Waals surface area contributed by atoms with E-state index in [1.807, 2.05) is 13.8 Å². The second kappa shape index (κ2) is 56.0. The minimum Gasteiger partial charge on any atom is -0.481 e. The molecule has 12 aliphatic carbocycles. The number of aliphatic carboxylic acids is 2. The van der Waals surface area contributed by atoms with Gasteiger partial charge in [0.05, 0.1) is 29.1 Å². The van der Waals surface area contributed by atoms with Crippen LogP contribution in [0.2, 0.25) is 0 Å². The fraction of sp³-hybridized carbons (Fsp3) is 0.982. The molecule has 0 aromatic carbocycles. The molecule has 0 atom stereocenters. The molecule has 692 valence electrons. The number of aliphatic hydroxyl groups is 3. The lowest BCUT2D eigenvalue weighted by Gasteiger charge is -2.45. The molecule has 0 heterocycles. The van der Waals surface area contributed by atoms with Crippen molar-refractivity contribution in [2.75, 3.05) is 0 Å². The monoisotopic (exact) mass is 1640 g/mol. The molecule has 116 heavy (non-hydrogen) atoms. The Morgan fingerprint density at radius 3 is 0.647 bits per heavy atom. The Morgan fingerprint density at radius 1 is 0.233 bits per heavy atom. The Labute approximate surface area is 727 Å². The van der Waals surface area contributed by atoms with Crippen LogP contribution in [0.1, 0.15) is 473 Å². The number of carbonyl (C=O) groups is 2. The summed E-state index contributed by atoms with van der Waals surface area (Å²) in [5.41, 5.74) is 0.640. The van der Waals surface area contributed by atoms with Crippen molar-refractivity contribution in [2.24, 2.45) is 194 Å². The molecule has 0 aromatic heterocycles. The van der Waals surface area contributed by atoms with Crippen molar-refractivity contribution in [2.45, 2.75) is 491 Å². The summed E-state index contributed by atoms with van der Waals surface area (Å²) in [6.07, 6.45) is 46.2. The van der Waals surface area contributed by atoms with Gasteiger partial charge in [0.2, 0.25) is 0 Å². The Balaban J connectivity index is 0.000000634. The standard InChI is InChI=1S/C11H22.C10H18O2.C10H20O.2C10H20.C9H18O.C9H18.C8H14O2.C8H16O.3C8H16/c1-9(2)10-5-7-11(3,4)8-6-10;1-7(2)8-3-5-9(6-4-8)10(11)12;1-8(2)9-4-6-10(3,11)7-5-9;2*1-8(2)10-6-4-9(3)5-7-10;1-7(2)8-3-5-9(10)6-4-8;1-7(2)8-5-9(3,4)6-8;1-5(2)6-3-7(4-6)8(9)10;1-6(2)7-4-8(3,9)5-7;3*1-6(2)8-4-7(3)5-8/h9-10H,5-8H2,1-4H3;7-9H,3-6H2,1-2H3,(H,11,12);8-9,11H,4-7H2,1-3H3;2*8-10H,4-7H2,1-3H3;7-10H,3-6H2,1-2H3;7-8H,5-6H2,1-4H3;5-7H,3-4H2,1-2H3,(H,9,10);6-7,9H,4-5H2,1-3H3;3*6-8H,4-5H2,1-3H3. The summed E-state index contributed by atoms with van der Waals surface area (Å²) in [6.45, 7) is 80.4. The second-order valence-electron chi connectivity index (χ2n) is 49.1. The van der Waals surface area contributed by atoms with Crippen molar-refractivity contribution in [3.8, 4) is 0 Å². The van der Waals surface area contributed by atoms with Crippen molar-refractivity contribution >= 4 is 11.9 Å². The highest BCUT2D eigenvalue weighted by molar-refractivity contribution is 5.71. The van der Waals surface area contributed by atoms with E-state index in [0.29, 0.717) is 22.7 Å². The molecule has 12 rings (SSSR count). The highest BCUT2D eigenvalue weighted by Crippen LogP contribution is 2.49. The van der Waals surface area contributed by atoms with Gasteiger partial charge >= 0.3 is 11.9 Å². The lowest BCUT2D eigenvalue weighted by molar-refractivity contribution is -0.147. The third-order valence-electron chi connectivity index (χ3n) is 32.6. The molecule has 0 radical (unpaired) electrons. The maximum Gasteiger partial charge on any atom is 0.306 e. The topological polar surface area (TPSA) is 135 Å². The van der Waals surface area contributed by atoms with Crippen LogP contribution in [0, 0.1) is 194 Å². The number of carboxylic acids is 2. The highest BCUT2D eigenvalue weighted by atomic mass is 16.4. The fourth-order valence-electron chi connectivity index (χ4n) is 21.0. The largest absolute Gasteiger partial charge is 0.481 e. The predicted molar refractivity (Wildman–Crippen MR) is 509 cm³/mol. The van der Waals surface area contributed by atoms with E-state index in [2.05, 4.69) is 228 Å². The molecule has 12 fully saturated rings. The number of aliphatic hydroxyl groups excluding tert-OH is 1. The molecule has 5 N–H and O–H groups in total. The molecule has 7 nitrogen and oxygen atoms in total. The molecule has 0 spiro atoms. The second-order valence-corrected chi connectivity index (χ2v) is 49.1. The smallest absolute Gasteiger partial charge is 0.306 e. The van der Waals surface area contributed by atoms with Crippen LogP contribution in [0.3, 0.4) is 0 Å². The van der Waals surface area contributed by atoms with Gasteiger partial charge in [-0.1, -0.05) is 254 Å². The Kier molecular flexibility index (Phi) is 54.5. The minimum atomic E-state index is -0.614. The Morgan fingerprint density at radius 2 is 0.448 bits per heavy atom. The summed E-state index contributed by atoms with van der Waals surface area (Å²) in [5, 5.41) is 45.5. The first-order chi connectivity index (χ1) is 53.5. The zero-order chi connectivity index (χ0) is 89.1. The first-order valence-electron chi connectivity index (χ1n) is 51.0. The molecule has 0 saturated heterocycles. The van der Waals surface area contributed by atoms with Gasteiger partial charge in [0, 0.05) is 0 Å². The molecule has 0 amide bonds. The van der Waals surface area contributed by atoms with E-state index >= 15 is 0 Å². The summed E-state index contributed by atoms with van der Waals surface area (Å²) >= 11 is 0. The molecule has 0 aliphatic heterocycles. The maximum atomic E-state index is 10.6. The van der Waals surface area contributed by atoms with Gasteiger partial charge in [0.1, 0.15) is 0 Å². The number of hydrogen-bond donors (Lipinski definition) is 5. The first kappa shape index (κ1) is 113. The normalized spacial score (nSPS) is 34.3. The van der Waals surface area contributed by atoms with E-state index in [0.717, 1.165) is 237 Å². The van der Waals surface area contributed by atoms with Crippen molar-refractivity contribution in [3.05, 3.63) is 0 Å². The zero-order valence-electron chi connectivity index (χ0n) is 85.0. The van der Waals surface area contributed by atoms with E-state index in [1.165, 1.54) is 154 Å². The molecule has 12 saturated carbocycles. The van der Waals surface area contributed by atoms with E-state index in [4.69, 9.17) is 10.2 Å². The Hall–Kier alpha value is -1.18. The van der Waals surface area contributed by atoms with Crippen LogP contribution in [0.4, 0.5) is 0 Å². The van der Waals surface area contributed by atoms with Crippen LogP contribution in [0.25, 0.3) is 0 Å². The van der Waals surface area contributed by atoms with Gasteiger partial charge in [-0.2, -0.15) is 0 Å². The van der Waals surface area contributed by atoms with Gasteiger partial charge in [-0.15, -0.1) is 0 Å². The van der Waals surface area contributed by atoms with Gasteiger partial charge in [-0.05, 0) is 402 Å². The molecule has 7 heteroatoms. The SMILES string of the molecule is CC(C)C1CC(C(=O)O)C1.CC(C)C1CC(C)(C)C1.CC(C)C1CC(C)(O)C1.CC(C)C1CCC(C(=O)O)CC1.CC(C)C1CCC(C)(C)CC1.CC(C)C1CCC(C)(O)CC1.CC(C)C1CCC(O)CC1.CC1CC(C(C)C)C1.CC1CC(C(C)C)C1.CC1CC(C(C)C)C1.CC1CCC(C(C)C)CC1.CC1CCC(C(C)C)CC1. The number of carboxylic acid groups (broad SMARTS) is 2. The van der Waals surface area contributed by atoms with Gasteiger partial charge in [-0.25, -0.2) is 0 Å². The number of hydrogen-bond acceptors (Lipinski definition) is 5. The van der Waals surface area contributed by atoms with Gasteiger partial charge < -0.3 is 25.5 Å². The van der Waals surface area contributed by atoms with E-state index < -0.39 is 11.9 Å². The highest BCUT2D eigenvalue weighted by Gasteiger charge is 2.41. The Bertz CT molecular complexity index is 2210. The van der Waals surface area contributed by atoms with Gasteiger partial charge in [-0.3, -0.25) is 9.59 Å². The average Bonchev–Trinajstić information content (AvgIpc) is 0.814. The quantitative estimate of drug-likeness (QED) is 0.117. The minimum absolute atomic E-state index is 0.00926. The van der Waals surface area contributed by atoms with E-state index in [1.54, 1.807) is 0 Å². The van der Waals surface area contributed by atoms with Crippen LogP contribution in [-0.4, -0.2) is 54.8 Å². The molecule has 0 aromatic rings. The summed E-state index contributed by atoms with van der Waals surface area (Å²) in [4.78, 5) is 21.0. The van der Waals surface area contributed by atoms with Gasteiger partial charge in [0.15, 0.2) is 0 Å². The summed E-state index contributed by atoms with van der Waals surface area (Å²) in [6, 6.07) is 0. The van der Waals surface area contributed by atoms with E-state index in [-0.39, 0.29) is 29.1 Å². The van der Waals surface area contributed by atoms with Crippen molar-refractivity contribution in [1.29, 1.82) is 0 Å². The van der Waals surface area contributed by atoms with Crippen LogP contribution in [-0.2, 0) is 9.59 Å². The lowest BCUT2D eigenvalue weighted by Crippen LogP contribution is -2.42. The first-order valence-corrected chi connectivity index (χ1v) is 51.0. The van der Waals surface area contributed by atoms with Crippen LogP contribution < -0.4 is 0 Å². The van der Waals surface area contributed by atoms with Crippen molar-refractivity contribution in [3.63, 3.8) is 0 Å². The fourth-order valence-corrected chi connectivity index (χ4v) is 21.0.